The Morgan fingerprint density at radius 2 is 1.00 bits per heavy atom. The van der Waals surface area contributed by atoms with E-state index in [1.54, 1.807) is 13.8 Å². The minimum Gasteiger partial charge on any atom is -0.379 e. The summed E-state index contributed by atoms with van der Waals surface area (Å²) in [6, 6.07) is -3.16. The number of carbonyl (C=O) groups excluding carboxylic acids is 7. The second-order valence-electron chi connectivity index (χ2n) is 13.5. The van der Waals surface area contributed by atoms with Crippen molar-refractivity contribution in [1.29, 1.82) is 0 Å². The largest absolute Gasteiger partial charge is 0.379 e. The van der Waals surface area contributed by atoms with E-state index in [-0.39, 0.29) is 75.9 Å². The quantitative estimate of drug-likeness (QED) is 0.0284. The van der Waals surface area contributed by atoms with Crippen molar-refractivity contribution in [2.24, 2.45) is 23.1 Å². The molecule has 0 spiro atoms. The smallest absolute Gasteiger partial charge is 0.312 e. The molecule has 0 aromatic heterocycles. The Labute approximate surface area is 347 Å². The van der Waals surface area contributed by atoms with Crippen LogP contribution in [0.3, 0.4) is 0 Å². The van der Waals surface area contributed by atoms with Crippen molar-refractivity contribution in [3.63, 3.8) is 0 Å². The van der Waals surface area contributed by atoms with Gasteiger partial charge in [0.05, 0.1) is 79.3 Å². The standard InChI is InChI=1S/C37H71N9O13/c1-27(2)33(36(52)45-29(34(39)50)8-6-12-43-37(40)53)46-32(49)10-16-55-20-24-59-25-21-56-17-13-41-31(48)9-15-54-19-23-58-26-22-57-18-14-42-35(51)30(44-28(3)47)7-4-5-11-38/h27,29-30,33H,4-26,38H2,1-3H3,(H2,39,50)(H,41,48)(H,42,51)(H,44,47)(H,45,52)(H,46,49)(H3,40,43,53). The SMILES string of the molecule is CC(=O)NC(CCCCN)C(=O)NCCOCCOCCOCCC(=O)NCCOCCOCCOCCC(=O)NC(C(=O)NC(CCCNC(N)=O)C(N)=O)C(C)C. The Bertz CT molecular complexity index is 1200. The minimum absolute atomic E-state index is 0.00778. The Balaban J connectivity index is 3.77. The molecule has 3 atom stereocenters. The number of urea groups is 1. The Hall–Kier alpha value is -4.19. The van der Waals surface area contributed by atoms with E-state index in [0.29, 0.717) is 85.3 Å². The number of nitrogens with one attached hydrogen (secondary N) is 6. The number of hydrogen-bond donors (Lipinski definition) is 9. The monoisotopic (exact) mass is 850 g/mol. The van der Waals surface area contributed by atoms with Crippen LogP contribution in [0, 0.1) is 5.92 Å². The van der Waals surface area contributed by atoms with Gasteiger partial charge in [-0.15, -0.1) is 0 Å². The van der Waals surface area contributed by atoms with Gasteiger partial charge in [-0.05, 0) is 44.6 Å². The van der Waals surface area contributed by atoms with E-state index < -0.39 is 41.9 Å². The predicted molar refractivity (Wildman–Crippen MR) is 215 cm³/mol. The first-order valence-corrected chi connectivity index (χ1v) is 20.2. The molecule has 0 saturated carbocycles. The van der Waals surface area contributed by atoms with Gasteiger partial charge in [0.25, 0.3) is 0 Å². The molecule has 59 heavy (non-hydrogen) atoms. The van der Waals surface area contributed by atoms with E-state index in [1.807, 2.05) is 0 Å². The maximum atomic E-state index is 12.8. The lowest BCUT2D eigenvalue weighted by molar-refractivity contribution is -0.132. The highest BCUT2D eigenvalue weighted by atomic mass is 16.5. The molecule has 0 saturated heterocycles. The van der Waals surface area contributed by atoms with Gasteiger partial charge < -0.3 is 77.5 Å². The summed E-state index contributed by atoms with van der Waals surface area (Å²) in [5.41, 5.74) is 15.9. The normalized spacial score (nSPS) is 12.6. The second kappa shape index (κ2) is 36.9. The summed E-state index contributed by atoms with van der Waals surface area (Å²) in [6.45, 7) is 9.74. The molecule has 0 aliphatic heterocycles. The maximum absolute atomic E-state index is 12.8. The van der Waals surface area contributed by atoms with Crippen molar-refractivity contribution in [2.75, 3.05) is 105 Å². The summed E-state index contributed by atoms with van der Waals surface area (Å²) in [6.07, 6.45) is 2.79. The van der Waals surface area contributed by atoms with Crippen LogP contribution in [-0.4, -0.2) is 165 Å². The molecular formula is C37H71N9O13. The third-order valence-corrected chi connectivity index (χ3v) is 8.08. The molecular weight excluding hydrogens is 778 g/mol. The molecule has 0 radical (unpaired) electrons. The highest BCUT2D eigenvalue weighted by molar-refractivity contribution is 5.91. The van der Waals surface area contributed by atoms with Crippen molar-refractivity contribution >= 4 is 41.5 Å². The zero-order valence-corrected chi connectivity index (χ0v) is 35.1. The van der Waals surface area contributed by atoms with Crippen LogP contribution in [0.5, 0.6) is 0 Å². The number of carbonyl (C=O) groups is 7. The van der Waals surface area contributed by atoms with E-state index in [0.717, 1.165) is 12.8 Å². The first kappa shape index (κ1) is 54.8. The minimum atomic E-state index is -0.974. The first-order chi connectivity index (χ1) is 28.3. The molecule has 0 aliphatic carbocycles. The second-order valence-corrected chi connectivity index (χ2v) is 13.5. The van der Waals surface area contributed by atoms with Crippen LogP contribution < -0.4 is 49.1 Å². The molecule has 12 N–H and O–H groups in total. The van der Waals surface area contributed by atoms with Crippen LogP contribution in [0.2, 0.25) is 0 Å². The Kier molecular flexibility index (Phi) is 34.2. The van der Waals surface area contributed by atoms with Gasteiger partial charge in [-0.2, -0.15) is 0 Å². The van der Waals surface area contributed by atoms with Crippen molar-refractivity contribution < 1.29 is 62.0 Å². The van der Waals surface area contributed by atoms with E-state index >= 15 is 0 Å². The summed E-state index contributed by atoms with van der Waals surface area (Å²) in [7, 11) is 0. The number of ether oxygens (including phenoxy) is 6. The van der Waals surface area contributed by atoms with Crippen LogP contribution in [0.25, 0.3) is 0 Å². The highest BCUT2D eigenvalue weighted by Crippen LogP contribution is 2.05. The Morgan fingerprint density at radius 1 is 0.508 bits per heavy atom. The predicted octanol–water partition coefficient (Wildman–Crippen LogP) is -2.71. The average molecular weight is 850 g/mol. The van der Waals surface area contributed by atoms with Gasteiger partial charge in [0, 0.05) is 39.4 Å². The van der Waals surface area contributed by atoms with Crippen molar-refractivity contribution in [1.82, 2.24) is 31.9 Å². The Morgan fingerprint density at radius 3 is 1.49 bits per heavy atom. The van der Waals surface area contributed by atoms with Gasteiger partial charge in [-0.1, -0.05) is 13.8 Å². The van der Waals surface area contributed by atoms with Crippen LogP contribution in [0.4, 0.5) is 4.79 Å². The fraction of sp³-hybridized carbons (Fsp3) is 0.811. The average Bonchev–Trinajstić information content (AvgIpc) is 3.17. The number of amides is 8. The molecule has 8 amide bonds. The molecule has 0 bridgehead atoms. The molecule has 0 rings (SSSR count). The summed E-state index contributed by atoms with van der Waals surface area (Å²) >= 11 is 0. The lowest BCUT2D eigenvalue weighted by Crippen LogP contribution is -2.54. The van der Waals surface area contributed by atoms with E-state index in [4.69, 9.17) is 45.6 Å². The van der Waals surface area contributed by atoms with Crippen LogP contribution in [-0.2, 0) is 57.2 Å². The van der Waals surface area contributed by atoms with Crippen LogP contribution in [0.1, 0.15) is 65.7 Å². The molecule has 0 fully saturated rings. The number of hydrogen-bond acceptors (Lipinski definition) is 14. The third-order valence-electron chi connectivity index (χ3n) is 8.08. The van der Waals surface area contributed by atoms with Crippen molar-refractivity contribution in [3.8, 4) is 0 Å². The van der Waals surface area contributed by atoms with E-state index in [2.05, 4.69) is 31.9 Å². The fourth-order valence-electron chi connectivity index (χ4n) is 4.99. The van der Waals surface area contributed by atoms with Gasteiger partial charge in [0.2, 0.25) is 35.4 Å². The molecule has 22 nitrogen and oxygen atoms in total. The van der Waals surface area contributed by atoms with Gasteiger partial charge in [-0.3, -0.25) is 28.8 Å². The van der Waals surface area contributed by atoms with E-state index in [9.17, 15) is 33.6 Å². The van der Waals surface area contributed by atoms with E-state index in [1.165, 1.54) is 6.92 Å². The lowest BCUT2D eigenvalue weighted by atomic mass is 10.0. The topological polar surface area (TPSA) is 325 Å². The molecule has 0 aromatic rings. The molecule has 0 aliphatic rings. The maximum Gasteiger partial charge on any atom is 0.312 e. The molecule has 22 heteroatoms. The summed E-state index contributed by atoms with van der Waals surface area (Å²) in [5, 5.41) is 15.8. The third kappa shape index (κ3) is 33.4. The lowest BCUT2D eigenvalue weighted by Gasteiger charge is -2.24. The molecule has 3 unspecified atom stereocenters. The van der Waals surface area contributed by atoms with Gasteiger partial charge in [0.15, 0.2) is 0 Å². The molecule has 342 valence electrons. The molecule has 0 heterocycles. The van der Waals surface area contributed by atoms with Crippen LogP contribution >= 0.6 is 0 Å². The summed E-state index contributed by atoms with van der Waals surface area (Å²) in [5.74, 6) is -2.65. The number of rotatable bonds is 39. The molecule has 0 aromatic carbocycles. The fourth-order valence-corrected chi connectivity index (χ4v) is 4.99. The zero-order valence-electron chi connectivity index (χ0n) is 35.1. The van der Waals surface area contributed by atoms with Crippen LogP contribution in [0.15, 0.2) is 0 Å². The summed E-state index contributed by atoms with van der Waals surface area (Å²) in [4.78, 5) is 83.5. The van der Waals surface area contributed by atoms with Gasteiger partial charge >= 0.3 is 6.03 Å². The van der Waals surface area contributed by atoms with Gasteiger partial charge in [-0.25, -0.2) is 4.79 Å². The highest BCUT2D eigenvalue weighted by Gasteiger charge is 2.28. The van der Waals surface area contributed by atoms with Gasteiger partial charge in [0.1, 0.15) is 18.1 Å². The first-order valence-electron chi connectivity index (χ1n) is 20.2. The van der Waals surface area contributed by atoms with Crippen molar-refractivity contribution in [2.45, 2.75) is 83.8 Å². The summed E-state index contributed by atoms with van der Waals surface area (Å²) < 4.78 is 32.6. The number of nitrogens with two attached hydrogens (primary N) is 3. The number of primary amides is 2. The number of unbranched alkanes of at least 4 members (excludes halogenated alkanes) is 1. The van der Waals surface area contributed by atoms with Crippen molar-refractivity contribution in [3.05, 3.63) is 0 Å². The zero-order chi connectivity index (χ0) is 44.1.